The van der Waals surface area contributed by atoms with Gasteiger partial charge in [0.15, 0.2) is 0 Å². The molecule has 35 heavy (non-hydrogen) atoms. The molecule has 0 aliphatic heterocycles. The molecule has 2 atom stereocenters. The molecule has 0 aromatic rings. The fourth-order valence-electron chi connectivity index (χ4n) is 2.84. The maximum atomic E-state index is 12.0. The minimum absolute atomic E-state index is 0.0963. The SMILES string of the molecule is CC(CNC(=O)OC(C)(C)C)COCC(C)NCC(C)(C)COCC(C)(C)NC(=O)OC(C)(C)C. The van der Waals surface area contributed by atoms with Crippen molar-refractivity contribution in [1.29, 1.82) is 0 Å². The number of hydrogen-bond acceptors (Lipinski definition) is 7. The van der Waals surface area contributed by atoms with Crippen LogP contribution in [0.2, 0.25) is 0 Å². The van der Waals surface area contributed by atoms with E-state index in [1.165, 1.54) is 0 Å². The summed E-state index contributed by atoms with van der Waals surface area (Å²) in [7, 11) is 0. The molecule has 2 amide bonds. The van der Waals surface area contributed by atoms with E-state index < -0.39 is 28.9 Å². The van der Waals surface area contributed by atoms with Gasteiger partial charge in [-0.3, -0.25) is 0 Å². The quantitative estimate of drug-likeness (QED) is 0.321. The molecule has 0 aliphatic rings. The second-order valence-electron chi connectivity index (χ2n) is 13.0. The summed E-state index contributed by atoms with van der Waals surface area (Å²) >= 11 is 0. The zero-order valence-corrected chi connectivity index (χ0v) is 24.3. The largest absolute Gasteiger partial charge is 0.444 e. The van der Waals surface area contributed by atoms with Crippen molar-refractivity contribution in [3.05, 3.63) is 0 Å². The minimum Gasteiger partial charge on any atom is -0.444 e. The van der Waals surface area contributed by atoms with Gasteiger partial charge in [-0.25, -0.2) is 9.59 Å². The number of hydrogen-bond donors (Lipinski definition) is 3. The molecule has 0 bridgehead atoms. The Kier molecular flexibility index (Phi) is 13.6. The van der Waals surface area contributed by atoms with E-state index in [-0.39, 0.29) is 17.4 Å². The Morgan fingerprint density at radius 1 is 0.743 bits per heavy atom. The van der Waals surface area contributed by atoms with Gasteiger partial charge in [-0.2, -0.15) is 0 Å². The molecular formula is C26H53N3O6. The van der Waals surface area contributed by atoms with Gasteiger partial charge in [0.1, 0.15) is 11.2 Å². The fourth-order valence-corrected chi connectivity index (χ4v) is 2.84. The van der Waals surface area contributed by atoms with Crippen LogP contribution in [0.5, 0.6) is 0 Å². The van der Waals surface area contributed by atoms with E-state index in [4.69, 9.17) is 18.9 Å². The number of alkyl carbamates (subject to hydrolysis) is 2. The van der Waals surface area contributed by atoms with Gasteiger partial charge in [0.05, 0.1) is 32.0 Å². The zero-order chi connectivity index (χ0) is 27.5. The highest BCUT2D eigenvalue weighted by molar-refractivity contribution is 5.68. The third-order valence-corrected chi connectivity index (χ3v) is 4.49. The fraction of sp³-hybridized carbons (Fsp3) is 0.923. The topological polar surface area (TPSA) is 107 Å². The lowest BCUT2D eigenvalue weighted by atomic mass is 9.94. The van der Waals surface area contributed by atoms with Crippen LogP contribution in [0.3, 0.4) is 0 Å². The van der Waals surface area contributed by atoms with Crippen LogP contribution < -0.4 is 16.0 Å². The molecule has 0 aromatic heterocycles. The average Bonchev–Trinajstić information content (AvgIpc) is 2.61. The summed E-state index contributed by atoms with van der Waals surface area (Å²) in [5.41, 5.74) is -1.68. The lowest BCUT2D eigenvalue weighted by Crippen LogP contribution is -2.49. The molecule has 0 saturated carbocycles. The Labute approximate surface area is 213 Å². The van der Waals surface area contributed by atoms with Gasteiger partial charge in [0.25, 0.3) is 0 Å². The van der Waals surface area contributed by atoms with Crippen molar-refractivity contribution in [3.63, 3.8) is 0 Å². The van der Waals surface area contributed by atoms with Crippen LogP contribution in [0.15, 0.2) is 0 Å². The Morgan fingerprint density at radius 2 is 1.29 bits per heavy atom. The molecule has 0 saturated heterocycles. The predicted molar refractivity (Wildman–Crippen MR) is 140 cm³/mol. The van der Waals surface area contributed by atoms with Crippen LogP contribution >= 0.6 is 0 Å². The highest BCUT2D eigenvalue weighted by Crippen LogP contribution is 2.16. The highest BCUT2D eigenvalue weighted by atomic mass is 16.6. The summed E-state index contributed by atoms with van der Waals surface area (Å²) in [6.45, 7) is 26.5. The Hall–Kier alpha value is -1.58. The molecule has 0 aliphatic carbocycles. The number of carbonyl (C=O) groups is 2. The van der Waals surface area contributed by atoms with E-state index in [9.17, 15) is 9.59 Å². The molecule has 0 heterocycles. The summed E-state index contributed by atoms with van der Waals surface area (Å²) in [5.74, 6) is 0.178. The zero-order valence-electron chi connectivity index (χ0n) is 24.3. The third kappa shape index (κ3) is 20.3. The van der Waals surface area contributed by atoms with Gasteiger partial charge in [-0.15, -0.1) is 0 Å². The standard InChI is InChI=1S/C26H53N3O6/c1-19(13-27-21(30)34-23(3,4)5)14-32-15-20(2)28-16-25(9,10)17-33-18-26(11,12)29-22(31)35-24(6,7)8/h19-20,28H,13-18H2,1-12H3,(H,27,30)(H,29,31). The molecule has 0 radical (unpaired) electrons. The van der Waals surface area contributed by atoms with Gasteiger partial charge < -0.3 is 34.9 Å². The van der Waals surface area contributed by atoms with E-state index in [0.29, 0.717) is 33.0 Å². The van der Waals surface area contributed by atoms with Gasteiger partial charge in [0.2, 0.25) is 0 Å². The van der Waals surface area contributed by atoms with Crippen molar-refractivity contribution in [2.24, 2.45) is 11.3 Å². The van der Waals surface area contributed by atoms with E-state index in [1.807, 2.05) is 62.3 Å². The molecule has 2 unspecified atom stereocenters. The maximum absolute atomic E-state index is 12.0. The summed E-state index contributed by atoms with van der Waals surface area (Å²) in [6, 6.07) is 0.172. The Balaban J connectivity index is 4.14. The lowest BCUT2D eigenvalue weighted by molar-refractivity contribution is 0.0151. The number of amides is 2. The first kappa shape index (κ1) is 33.4. The predicted octanol–water partition coefficient (Wildman–Crippen LogP) is 4.49. The number of ether oxygens (including phenoxy) is 4. The average molecular weight is 504 g/mol. The first-order chi connectivity index (χ1) is 15.7. The van der Waals surface area contributed by atoms with Crippen LogP contribution in [0.25, 0.3) is 0 Å². The summed E-state index contributed by atoms with van der Waals surface area (Å²) in [4.78, 5) is 23.8. The molecule has 9 heteroatoms. The van der Waals surface area contributed by atoms with E-state index in [0.717, 1.165) is 6.54 Å². The monoisotopic (exact) mass is 503 g/mol. The molecule has 0 spiro atoms. The van der Waals surface area contributed by atoms with Crippen LogP contribution in [0.1, 0.15) is 83.1 Å². The van der Waals surface area contributed by atoms with Gasteiger partial charge >= 0.3 is 12.2 Å². The molecular weight excluding hydrogens is 450 g/mol. The first-order valence-electron chi connectivity index (χ1n) is 12.6. The number of carbonyl (C=O) groups excluding carboxylic acids is 2. The normalized spacial score (nSPS) is 14.7. The summed E-state index contributed by atoms with van der Waals surface area (Å²) in [5, 5.41) is 9.12. The van der Waals surface area contributed by atoms with Crippen LogP contribution in [-0.2, 0) is 18.9 Å². The smallest absolute Gasteiger partial charge is 0.408 e. The second kappa shape index (κ2) is 14.2. The molecule has 3 N–H and O–H groups in total. The van der Waals surface area contributed by atoms with Crippen LogP contribution in [0, 0.1) is 11.3 Å². The maximum Gasteiger partial charge on any atom is 0.408 e. The van der Waals surface area contributed by atoms with Crippen molar-refractivity contribution in [2.45, 2.75) is 106 Å². The van der Waals surface area contributed by atoms with Gasteiger partial charge in [-0.05, 0) is 68.2 Å². The summed E-state index contributed by atoms with van der Waals surface area (Å²) in [6.07, 6.45) is -0.858. The third-order valence-electron chi connectivity index (χ3n) is 4.49. The Bertz CT molecular complexity index is 638. The van der Waals surface area contributed by atoms with Gasteiger partial charge in [-0.1, -0.05) is 20.8 Å². The number of nitrogens with one attached hydrogen (secondary N) is 3. The molecule has 0 rings (SSSR count). The Morgan fingerprint density at radius 3 is 1.83 bits per heavy atom. The van der Waals surface area contributed by atoms with E-state index >= 15 is 0 Å². The van der Waals surface area contributed by atoms with Crippen molar-refractivity contribution in [2.75, 3.05) is 39.5 Å². The van der Waals surface area contributed by atoms with Gasteiger partial charge in [0, 0.05) is 24.5 Å². The molecule has 9 nitrogen and oxygen atoms in total. The minimum atomic E-state index is -0.540. The first-order valence-corrected chi connectivity index (χ1v) is 12.6. The molecule has 208 valence electrons. The van der Waals surface area contributed by atoms with Crippen molar-refractivity contribution in [3.8, 4) is 0 Å². The van der Waals surface area contributed by atoms with Crippen molar-refractivity contribution < 1.29 is 28.5 Å². The van der Waals surface area contributed by atoms with E-state index in [1.54, 1.807) is 0 Å². The second-order valence-corrected chi connectivity index (χ2v) is 13.0. The number of rotatable bonds is 14. The highest BCUT2D eigenvalue weighted by Gasteiger charge is 2.26. The van der Waals surface area contributed by atoms with Crippen molar-refractivity contribution in [1.82, 2.24) is 16.0 Å². The van der Waals surface area contributed by atoms with E-state index in [2.05, 4.69) is 36.7 Å². The van der Waals surface area contributed by atoms with Crippen LogP contribution in [0.4, 0.5) is 9.59 Å². The lowest BCUT2D eigenvalue weighted by Gasteiger charge is -2.31. The molecule has 0 aromatic carbocycles. The van der Waals surface area contributed by atoms with Crippen LogP contribution in [-0.4, -0.2) is 74.5 Å². The van der Waals surface area contributed by atoms with Crippen molar-refractivity contribution >= 4 is 12.2 Å². The summed E-state index contributed by atoms with van der Waals surface area (Å²) < 4.78 is 22.3. The molecule has 0 fully saturated rings.